The average molecular weight is 299 g/mol. The summed E-state index contributed by atoms with van der Waals surface area (Å²) in [7, 11) is 0. The van der Waals surface area contributed by atoms with Gasteiger partial charge in [-0.15, -0.1) is 0 Å². The van der Waals surface area contributed by atoms with E-state index in [-0.39, 0.29) is 0 Å². The summed E-state index contributed by atoms with van der Waals surface area (Å²) in [6.45, 7) is 1.95. The molecule has 0 aliphatic heterocycles. The minimum atomic E-state index is 0.574. The summed E-state index contributed by atoms with van der Waals surface area (Å²) in [5.41, 5.74) is 2.49. The number of aliphatic imine (C=N–C) groups is 1. The van der Waals surface area contributed by atoms with Crippen LogP contribution < -0.4 is 0 Å². The van der Waals surface area contributed by atoms with Gasteiger partial charge in [0.1, 0.15) is 0 Å². The summed E-state index contributed by atoms with van der Waals surface area (Å²) in [6.07, 6.45) is 1.64. The van der Waals surface area contributed by atoms with Gasteiger partial charge in [-0.1, -0.05) is 46.9 Å². The second-order valence-electron chi connectivity index (χ2n) is 3.83. The number of benzene rings is 2. The predicted octanol–water partition coefficient (Wildman–Crippen LogP) is 5.71. The molecule has 0 bridgehead atoms. The average Bonchev–Trinajstić information content (AvgIpc) is 2.33. The van der Waals surface area contributed by atoms with Crippen molar-refractivity contribution in [2.24, 2.45) is 4.99 Å². The minimum Gasteiger partial charge on any atom is -0.256 e. The molecule has 2 aromatic rings. The van der Waals surface area contributed by atoms with Crippen LogP contribution in [-0.2, 0) is 0 Å². The predicted molar refractivity (Wildman–Crippen MR) is 79.9 cm³/mol. The molecule has 18 heavy (non-hydrogen) atoms. The molecular formula is C14H10Cl3N. The Kier molecular flexibility index (Phi) is 4.28. The van der Waals surface area contributed by atoms with Gasteiger partial charge in [0.15, 0.2) is 0 Å². The number of hydrogen-bond acceptors (Lipinski definition) is 1. The van der Waals surface area contributed by atoms with Crippen molar-refractivity contribution in [3.8, 4) is 0 Å². The molecule has 4 heteroatoms. The molecular weight excluding hydrogens is 289 g/mol. The van der Waals surface area contributed by atoms with Crippen molar-refractivity contribution in [3.63, 3.8) is 0 Å². The second kappa shape index (κ2) is 5.75. The van der Waals surface area contributed by atoms with Gasteiger partial charge in [0.25, 0.3) is 0 Å². The summed E-state index contributed by atoms with van der Waals surface area (Å²) in [5, 5.41) is 1.84. The lowest BCUT2D eigenvalue weighted by molar-refractivity contribution is 1.44. The molecule has 1 nitrogen and oxygen atoms in total. The summed E-state index contributed by atoms with van der Waals surface area (Å²) >= 11 is 18.1. The van der Waals surface area contributed by atoms with Gasteiger partial charge in [0.05, 0.1) is 15.7 Å². The molecule has 92 valence electrons. The van der Waals surface area contributed by atoms with Gasteiger partial charge in [-0.25, -0.2) is 0 Å². The van der Waals surface area contributed by atoms with Crippen LogP contribution in [0.1, 0.15) is 11.1 Å². The number of halogens is 3. The fourth-order valence-corrected chi connectivity index (χ4v) is 2.11. The maximum atomic E-state index is 6.05. The summed E-state index contributed by atoms with van der Waals surface area (Å²) in [6, 6.07) is 11.0. The molecule has 0 atom stereocenters. The first-order valence-corrected chi connectivity index (χ1v) is 6.45. The molecule has 0 amide bonds. The first kappa shape index (κ1) is 13.4. The van der Waals surface area contributed by atoms with Gasteiger partial charge in [0, 0.05) is 16.8 Å². The highest BCUT2D eigenvalue weighted by Crippen LogP contribution is 2.25. The topological polar surface area (TPSA) is 12.4 Å². The highest BCUT2D eigenvalue weighted by Gasteiger charge is 2.02. The fourth-order valence-electron chi connectivity index (χ4n) is 1.44. The molecule has 0 fully saturated rings. The van der Waals surface area contributed by atoms with E-state index in [1.54, 1.807) is 30.5 Å². The molecule has 2 rings (SSSR count). The summed E-state index contributed by atoms with van der Waals surface area (Å²) in [5.74, 6) is 0. The van der Waals surface area contributed by atoms with Crippen molar-refractivity contribution in [3.05, 3.63) is 62.6 Å². The van der Waals surface area contributed by atoms with Gasteiger partial charge in [-0.05, 0) is 36.8 Å². The Morgan fingerprint density at radius 1 is 0.944 bits per heavy atom. The van der Waals surface area contributed by atoms with Gasteiger partial charge in [-0.3, -0.25) is 4.99 Å². The Hall–Kier alpha value is -1.02. The van der Waals surface area contributed by atoms with Crippen molar-refractivity contribution in [2.75, 3.05) is 0 Å². The molecule has 0 aromatic heterocycles. The van der Waals surface area contributed by atoms with E-state index in [9.17, 15) is 0 Å². The third kappa shape index (κ3) is 3.05. The van der Waals surface area contributed by atoms with E-state index < -0.39 is 0 Å². The lowest BCUT2D eigenvalue weighted by atomic mass is 10.2. The normalized spacial score (nSPS) is 11.1. The third-order valence-electron chi connectivity index (χ3n) is 2.50. The van der Waals surface area contributed by atoms with E-state index in [0.29, 0.717) is 20.6 Å². The van der Waals surface area contributed by atoms with Crippen molar-refractivity contribution < 1.29 is 0 Å². The van der Waals surface area contributed by atoms with E-state index in [4.69, 9.17) is 34.8 Å². The van der Waals surface area contributed by atoms with E-state index >= 15 is 0 Å². The van der Waals surface area contributed by atoms with E-state index in [2.05, 4.69) is 4.99 Å². The van der Waals surface area contributed by atoms with E-state index in [0.717, 1.165) is 11.3 Å². The van der Waals surface area contributed by atoms with Gasteiger partial charge < -0.3 is 0 Å². The third-order valence-corrected chi connectivity index (χ3v) is 3.56. The first-order chi connectivity index (χ1) is 8.58. The van der Waals surface area contributed by atoms with Crippen molar-refractivity contribution in [1.29, 1.82) is 0 Å². The standard InChI is InChI=1S/C14H10Cl3N/c1-9-5-6-10(7-14(9)17)18-8-11-12(15)3-2-4-13(11)16/h2-8H,1H3. The summed E-state index contributed by atoms with van der Waals surface area (Å²) in [4.78, 5) is 4.32. The first-order valence-electron chi connectivity index (χ1n) is 5.32. The molecule has 0 saturated carbocycles. The van der Waals surface area contributed by atoms with Crippen LogP contribution in [0.15, 0.2) is 41.4 Å². The lowest BCUT2D eigenvalue weighted by Crippen LogP contribution is -1.84. The molecule has 0 aliphatic rings. The van der Waals surface area contributed by atoms with Crippen molar-refractivity contribution in [2.45, 2.75) is 6.92 Å². The van der Waals surface area contributed by atoms with E-state index in [1.165, 1.54) is 0 Å². The number of rotatable bonds is 2. The highest BCUT2D eigenvalue weighted by molar-refractivity contribution is 6.38. The van der Waals surface area contributed by atoms with Crippen LogP contribution in [0, 0.1) is 6.92 Å². The molecule has 0 saturated heterocycles. The van der Waals surface area contributed by atoms with Crippen LogP contribution in [0.2, 0.25) is 15.1 Å². The molecule has 0 heterocycles. The Bertz CT molecular complexity index is 586. The van der Waals surface area contributed by atoms with Crippen LogP contribution in [0.25, 0.3) is 0 Å². The maximum Gasteiger partial charge on any atom is 0.0644 e. The molecule has 0 N–H and O–H groups in total. The highest BCUT2D eigenvalue weighted by atomic mass is 35.5. The second-order valence-corrected chi connectivity index (χ2v) is 5.05. The summed E-state index contributed by atoms with van der Waals surface area (Å²) < 4.78 is 0. The van der Waals surface area contributed by atoms with E-state index in [1.807, 2.05) is 19.1 Å². The zero-order valence-corrected chi connectivity index (χ0v) is 11.9. The Labute approximate surface area is 121 Å². The maximum absolute atomic E-state index is 6.05. The zero-order chi connectivity index (χ0) is 13.1. The van der Waals surface area contributed by atoms with Crippen LogP contribution >= 0.6 is 34.8 Å². The quantitative estimate of drug-likeness (QED) is 0.630. The fraction of sp³-hybridized carbons (Fsp3) is 0.0714. The van der Waals surface area contributed by atoms with Gasteiger partial charge in [-0.2, -0.15) is 0 Å². The largest absolute Gasteiger partial charge is 0.256 e. The minimum absolute atomic E-state index is 0.574. The smallest absolute Gasteiger partial charge is 0.0644 e. The zero-order valence-electron chi connectivity index (χ0n) is 9.62. The van der Waals surface area contributed by atoms with Gasteiger partial charge in [0.2, 0.25) is 0 Å². The van der Waals surface area contributed by atoms with Crippen LogP contribution in [-0.4, -0.2) is 6.21 Å². The molecule has 0 spiro atoms. The number of aryl methyl sites for hydroxylation is 1. The molecule has 0 unspecified atom stereocenters. The Morgan fingerprint density at radius 2 is 1.61 bits per heavy atom. The lowest BCUT2D eigenvalue weighted by Gasteiger charge is -2.01. The Balaban J connectivity index is 2.33. The van der Waals surface area contributed by atoms with Crippen molar-refractivity contribution >= 4 is 46.7 Å². The number of hydrogen-bond donors (Lipinski definition) is 0. The van der Waals surface area contributed by atoms with Crippen molar-refractivity contribution in [1.82, 2.24) is 0 Å². The molecule has 0 radical (unpaired) electrons. The number of nitrogens with zero attached hydrogens (tertiary/aromatic N) is 1. The Morgan fingerprint density at radius 3 is 2.22 bits per heavy atom. The van der Waals surface area contributed by atoms with Crippen LogP contribution in [0.4, 0.5) is 5.69 Å². The van der Waals surface area contributed by atoms with Crippen LogP contribution in [0.3, 0.4) is 0 Å². The molecule has 0 aliphatic carbocycles. The van der Waals surface area contributed by atoms with Gasteiger partial charge >= 0.3 is 0 Å². The monoisotopic (exact) mass is 297 g/mol. The SMILES string of the molecule is Cc1ccc(N=Cc2c(Cl)cccc2Cl)cc1Cl. The molecule has 2 aromatic carbocycles. The van der Waals surface area contributed by atoms with Crippen LogP contribution in [0.5, 0.6) is 0 Å².